The lowest BCUT2D eigenvalue weighted by Crippen LogP contribution is -2.40. The largest absolute Gasteiger partial charge is 0.384 e. The number of pyridine rings is 1. The zero-order chi connectivity index (χ0) is 23.1. The molecule has 0 saturated carbocycles. The second-order valence-corrected chi connectivity index (χ2v) is 7.50. The fraction of sp³-hybridized carbons (Fsp3) is 0.500. The topological polar surface area (TPSA) is 88.6 Å². The zero-order valence-corrected chi connectivity index (χ0v) is 18.6. The molecule has 174 valence electrons. The monoisotopic (exact) mass is 448 g/mol. The van der Waals surface area contributed by atoms with Gasteiger partial charge in [-0.05, 0) is 25.5 Å². The van der Waals surface area contributed by atoms with Crippen LogP contribution in [0.5, 0.6) is 0 Å². The van der Waals surface area contributed by atoms with Crippen molar-refractivity contribution in [1.82, 2.24) is 14.8 Å². The van der Waals surface area contributed by atoms with Crippen LogP contribution in [0.2, 0.25) is 0 Å². The number of aromatic nitrogens is 1. The van der Waals surface area contributed by atoms with E-state index in [2.05, 4.69) is 11.6 Å². The minimum Gasteiger partial charge on any atom is -0.384 e. The summed E-state index contributed by atoms with van der Waals surface area (Å²) in [5, 5.41) is 0. The summed E-state index contributed by atoms with van der Waals surface area (Å²) in [6, 6.07) is 1.17. The van der Waals surface area contributed by atoms with Gasteiger partial charge in [-0.1, -0.05) is 12.7 Å². The second-order valence-electron chi connectivity index (χ2n) is 7.50. The first kappa shape index (κ1) is 23.8. The van der Waals surface area contributed by atoms with Crippen molar-refractivity contribution in [2.45, 2.75) is 20.3 Å². The Labute approximate surface area is 187 Å². The molecule has 8 nitrogen and oxygen atoms in total. The summed E-state index contributed by atoms with van der Waals surface area (Å²) in [5.74, 6) is 1.46. The van der Waals surface area contributed by atoms with Crippen molar-refractivity contribution in [2.24, 2.45) is 9.98 Å². The molecule has 1 aromatic heterocycles. The molecular formula is C22H30F2N6O2. The molecule has 3 heterocycles. The minimum absolute atomic E-state index is 0.0171. The molecule has 0 unspecified atom stereocenters. The van der Waals surface area contributed by atoms with Gasteiger partial charge in [0.1, 0.15) is 17.5 Å². The number of amidine groups is 2. The summed E-state index contributed by atoms with van der Waals surface area (Å²) in [5.41, 5.74) is 6.38. The number of rotatable bonds is 5. The standard InChI is InChI=1S/C22H30F2N6O2/c1-4-15(2)22(30-7-11-32-12-8-30)28-21(27-16(3)29-5-9-31-10-6-29)18-14-26-19(25)13-17(18)20(23)24/h4,13-14,20H,1,5-12H2,2-3H3,(H2,25,26)/b22-15-,27-16+,28-21-. The highest BCUT2D eigenvalue weighted by Gasteiger charge is 2.22. The van der Waals surface area contributed by atoms with Crippen molar-refractivity contribution in [3.8, 4) is 0 Å². The van der Waals surface area contributed by atoms with E-state index in [0.29, 0.717) is 64.3 Å². The van der Waals surface area contributed by atoms with Crippen molar-refractivity contribution in [2.75, 3.05) is 58.3 Å². The number of aliphatic imine (C=N–C) groups is 2. The Hall–Kier alpha value is -2.85. The summed E-state index contributed by atoms with van der Waals surface area (Å²) in [6.07, 6.45) is 0.252. The summed E-state index contributed by atoms with van der Waals surface area (Å²) in [7, 11) is 0. The lowest BCUT2D eigenvalue weighted by atomic mass is 10.1. The normalized spacial score (nSPS) is 19.3. The molecule has 0 amide bonds. The van der Waals surface area contributed by atoms with Crippen LogP contribution in [0.4, 0.5) is 14.6 Å². The van der Waals surface area contributed by atoms with E-state index in [-0.39, 0.29) is 22.8 Å². The van der Waals surface area contributed by atoms with Gasteiger partial charge in [0.25, 0.3) is 6.43 Å². The van der Waals surface area contributed by atoms with Gasteiger partial charge in [0.05, 0.1) is 26.4 Å². The smallest absolute Gasteiger partial charge is 0.264 e. The molecular weight excluding hydrogens is 418 g/mol. The SMILES string of the molecule is C=C/C(C)=C(/N=C(\N=C(/C)N1CCOCC1)c1cnc(N)cc1C(F)F)N1CCOCC1. The molecule has 3 rings (SSSR count). The van der Waals surface area contributed by atoms with Crippen molar-refractivity contribution in [3.05, 3.63) is 47.4 Å². The number of ether oxygens (including phenoxy) is 2. The van der Waals surface area contributed by atoms with Gasteiger partial charge in [-0.3, -0.25) is 0 Å². The zero-order valence-electron chi connectivity index (χ0n) is 18.6. The number of halogens is 2. The lowest BCUT2D eigenvalue weighted by Gasteiger charge is -2.30. The molecule has 2 N–H and O–H groups in total. The Balaban J connectivity index is 2.14. The van der Waals surface area contributed by atoms with E-state index in [0.717, 1.165) is 5.57 Å². The fourth-order valence-electron chi connectivity index (χ4n) is 3.49. The molecule has 0 spiro atoms. The molecule has 2 aliphatic heterocycles. The molecule has 0 bridgehead atoms. The van der Waals surface area contributed by atoms with Crippen LogP contribution in [0.3, 0.4) is 0 Å². The van der Waals surface area contributed by atoms with Gasteiger partial charge in [0.15, 0.2) is 5.84 Å². The van der Waals surface area contributed by atoms with Crippen LogP contribution in [0.25, 0.3) is 0 Å². The molecule has 0 radical (unpaired) electrons. The van der Waals surface area contributed by atoms with Gasteiger partial charge in [-0.15, -0.1) is 0 Å². The molecule has 2 aliphatic rings. The Morgan fingerprint density at radius 3 is 2.25 bits per heavy atom. The third-order valence-corrected chi connectivity index (χ3v) is 5.35. The van der Waals surface area contributed by atoms with Crippen LogP contribution in [0.1, 0.15) is 31.4 Å². The summed E-state index contributed by atoms with van der Waals surface area (Å²) < 4.78 is 38.7. The van der Waals surface area contributed by atoms with Crippen molar-refractivity contribution >= 4 is 17.5 Å². The third kappa shape index (κ3) is 5.89. The molecule has 32 heavy (non-hydrogen) atoms. The third-order valence-electron chi connectivity index (χ3n) is 5.35. The highest BCUT2D eigenvalue weighted by Crippen LogP contribution is 2.26. The second kappa shape index (κ2) is 11.1. The number of alkyl halides is 2. The number of nitrogens with two attached hydrogens (primary N) is 1. The van der Waals surface area contributed by atoms with Gasteiger partial charge >= 0.3 is 0 Å². The van der Waals surface area contributed by atoms with Crippen molar-refractivity contribution in [3.63, 3.8) is 0 Å². The van der Waals surface area contributed by atoms with Gasteiger partial charge in [-0.2, -0.15) is 0 Å². The predicted octanol–water partition coefficient (Wildman–Crippen LogP) is 2.85. The Morgan fingerprint density at radius 1 is 1.09 bits per heavy atom. The molecule has 0 aromatic carbocycles. The lowest BCUT2D eigenvalue weighted by molar-refractivity contribution is 0.0528. The highest BCUT2D eigenvalue weighted by molar-refractivity contribution is 6.07. The van der Waals surface area contributed by atoms with Crippen LogP contribution < -0.4 is 5.73 Å². The maximum atomic E-state index is 13.9. The Morgan fingerprint density at radius 2 is 1.69 bits per heavy atom. The molecule has 0 aliphatic carbocycles. The average molecular weight is 449 g/mol. The fourth-order valence-corrected chi connectivity index (χ4v) is 3.49. The van der Waals surface area contributed by atoms with E-state index in [1.165, 1.54) is 12.3 Å². The Bertz CT molecular complexity index is 904. The predicted molar refractivity (Wildman–Crippen MR) is 121 cm³/mol. The highest BCUT2D eigenvalue weighted by atomic mass is 19.3. The molecule has 1 aromatic rings. The molecule has 2 fully saturated rings. The first-order chi connectivity index (χ1) is 15.4. The molecule has 2 saturated heterocycles. The first-order valence-corrected chi connectivity index (χ1v) is 10.6. The van der Waals surface area contributed by atoms with Gasteiger partial charge in [0, 0.05) is 43.5 Å². The molecule has 0 atom stereocenters. The van der Waals surface area contributed by atoms with Crippen LogP contribution in [-0.2, 0) is 9.47 Å². The molecule has 10 heteroatoms. The number of nitrogen functional groups attached to an aromatic ring is 1. The summed E-state index contributed by atoms with van der Waals surface area (Å²) >= 11 is 0. The first-order valence-electron chi connectivity index (χ1n) is 10.6. The number of allylic oxidation sites excluding steroid dienone is 2. The number of hydrogen-bond acceptors (Lipinski definition) is 6. The van der Waals surface area contributed by atoms with E-state index in [1.807, 2.05) is 23.6 Å². The summed E-state index contributed by atoms with van der Waals surface area (Å²) in [6.45, 7) is 12.5. The van der Waals surface area contributed by atoms with Gasteiger partial charge in [-0.25, -0.2) is 23.7 Å². The van der Waals surface area contributed by atoms with Crippen molar-refractivity contribution < 1.29 is 18.3 Å². The number of nitrogens with zero attached hydrogens (tertiary/aromatic N) is 5. The quantitative estimate of drug-likeness (QED) is 0.423. The van der Waals surface area contributed by atoms with E-state index < -0.39 is 6.43 Å². The van der Waals surface area contributed by atoms with Crippen LogP contribution in [0.15, 0.2) is 46.3 Å². The number of morpholine rings is 2. The van der Waals surface area contributed by atoms with Crippen molar-refractivity contribution in [1.29, 1.82) is 0 Å². The van der Waals surface area contributed by atoms with E-state index >= 15 is 0 Å². The van der Waals surface area contributed by atoms with Gasteiger partial charge in [0.2, 0.25) is 0 Å². The van der Waals surface area contributed by atoms with E-state index in [1.54, 1.807) is 6.08 Å². The Kier molecular flexibility index (Phi) is 8.29. The number of anilines is 1. The number of hydrogen-bond donors (Lipinski definition) is 1. The van der Waals surface area contributed by atoms with Gasteiger partial charge < -0.3 is 25.0 Å². The van der Waals surface area contributed by atoms with E-state index in [4.69, 9.17) is 25.2 Å². The maximum Gasteiger partial charge on any atom is 0.264 e. The average Bonchev–Trinajstić information content (AvgIpc) is 2.82. The van der Waals surface area contributed by atoms with E-state index in [9.17, 15) is 8.78 Å². The minimum atomic E-state index is -2.75. The van der Waals surface area contributed by atoms with Crippen LogP contribution >= 0.6 is 0 Å². The van der Waals surface area contributed by atoms with Crippen LogP contribution in [-0.4, -0.2) is 79.1 Å². The summed E-state index contributed by atoms with van der Waals surface area (Å²) in [4.78, 5) is 17.6. The maximum absolute atomic E-state index is 13.9. The van der Waals surface area contributed by atoms with Crippen LogP contribution in [0, 0.1) is 0 Å².